The van der Waals surface area contributed by atoms with Gasteiger partial charge < -0.3 is 14.6 Å². The third-order valence-electron chi connectivity index (χ3n) is 0. The molecule has 6 heavy (non-hydrogen) atoms. The normalized spacial score (nSPS) is 7.33. The number of hydrogen-bond acceptors (Lipinski definition) is 2. The first-order valence-corrected chi connectivity index (χ1v) is 3.30. The van der Waals surface area contributed by atoms with E-state index in [0.29, 0.717) is 10.5 Å². The van der Waals surface area contributed by atoms with Crippen molar-refractivity contribution in [2.45, 2.75) is 0 Å². The summed E-state index contributed by atoms with van der Waals surface area (Å²) in [6.45, 7) is 0. The molecule has 0 rings (SSSR count). The van der Waals surface area contributed by atoms with Crippen molar-refractivity contribution >= 4 is 18.7 Å². The minimum atomic E-state index is -3.13. The summed E-state index contributed by atoms with van der Waals surface area (Å²) in [5.41, 5.74) is 0. The van der Waals surface area contributed by atoms with Gasteiger partial charge in [0.25, 0.3) is 0 Å². The maximum Gasteiger partial charge on any atom is 0.314 e. The second kappa shape index (κ2) is 9.01. The first-order valence-electron chi connectivity index (χ1n) is 1.10. The summed E-state index contributed by atoms with van der Waals surface area (Å²) in [5, 5.41) is 0. The van der Waals surface area contributed by atoms with Gasteiger partial charge in [0.1, 0.15) is 10.5 Å². The zero-order chi connectivity index (χ0) is 5.58. The molecule has 0 aromatic rings. The quantitative estimate of drug-likeness (QED) is 0.253. The molecule has 6 heteroatoms. The van der Waals surface area contributed by atoms with E-state index >= 15 is 0 Å². The van der Waals surface area contributed by atoms with Crippen molar-refractivity contribution < 1.29 is 19.1 Å². The molecule has 0 atom stereocenters. The summed E-state index contributed by atoms with van der Waals surface area (Å²) in [4.78, 5) is 21.5. The molecule has 0 aliphatic carbocycles. The van der Waals surface area contributed by atoms with Crippen LogP contribution in [0.2, 0.25) is 0 Å². The zero-order valence-corrected chi connectivity index (χ0v) is 6.25. The monoisotopic (exact) mass is 130 g/mol. The topological polar surface area (TPSA) is 77.8 Å². The second-order valence-corrected chi connectivity index (χ2v) is 0.848. The first kappa shape index (κ1) is 9.59. The Morgan fingerprint density at radius 3 is 1.33 bits per heavy atom. The van der Waals surface area contributed by atoms with E-state index in [4.69, 9.17) is 19.1 Å². The minimum absolute atomic E-state index is 0.306. The average Bonchev–Trinajstić information content (AvgIpc) is 1.41. The van der Waals surface area contributed by atoms with E-state index in [9.17, 15) is 0 Å². The molecular weight excluding hydrogens is 123 g/mol. The van der Waals surface area contributed by atoms with Gasteiger partial charge in [-0.2, -0.15) is 0 Å². The van der Waals surface area contributed by atoms with Crippen LogP contribution < -0.4 is 0 Å². The summed E-state index contributed by atoms with van der Waals surface area (Å²) in [6.07, 6.45) is 0. The Morgan fingerprint density at radius 2 is 1.33 bits per heavy atom. The highest BCUT2D eigenvalue weighted by Gasteiger charge is 1.61. The lowest BCUT2D eigenvalue weighted by atomic mass is 15.8. The van der Waals surface area contributed by atoms with Crippen molar-refractivity contribution in [3.8, 4) is 0 Å². The van der Waals surface area contributed by atoms with Gasteiger partial charge in [0.15, 0.2) is 0 Å². The lowest BCUT2D eigenvalue weighted by molar-refractivity contribution is 0.405. The van der Waals surface area contributed by atoms with E-state index in [1.54, 1.807) is 0 Å². The minimum Gasteiger partial charge on any atom is -0.442 e. The van der Waals surface area contributed by atoms with Crippen LogP contribution in [-0.2, 0) is 4.57 Å². The lowest BCUT2D eigenvalue weighted by Gasteiger charge is -1.61. The Labute approximate surface area is 38.9 Å². The van der Waals surface area contributed by atoms with E-state index in [0.717, 1.165) is 0 Å². The van der Waals surface area contributed by atoms with Gasteiger partial charge >= 0.3 is 8.25 Å². The Bertz CT molecular complexity index is 30.5. The van der Waals surface area contributed by atoms with Crippen LogP contribution >= 0.6 is 8.25 Å². The lowest BCUT2D eigenvalue weighted by Crippen LogP contribution is -1.38. The Hall–Kier alpha value is 0.327. The molecule has 40 valence electrons. The summed E-state index contributed by atoms with van der Waals surface area (Å²) >= 11 is 0. The van der Waals surface area contributed by atoms with E-state index < -0.39 is 8.25 Å². The van der Waals surface area contributed by atoms with Crippen LogP contribution in [-0.4, -0.2) is 25.1 Å². The summed E-state index contributed by atoms with van der Waals surface area (Å²) in [7, 11) is -2.82. The molecule has 0 heterocycles. The molecule has 3 N–H and O–H groups in total. The molecule has 0 spiro atoms. The fourth-order valence-electron chi connectivity index (χ4n) is 0. The highest BCUT2D eigenvalue weighted by atomic mass is 31.1. The first-order chi connectivity index (χ1) is 2.73. The molecule has 0 aromatic heterocycles. The van der Waals surface area contributed by atoms with Crippen molar-refractivity contribution in [3.63, 3.8) is 0 Å². The van der Waals surface area contributed by atoms with Gasteiger partial charge in [0.2, 0.25) is 0 Å². The highest BCUT2D eigenvalue weighted by Crippen LogP contribution is 1.98. The van der Waals surface area contributed by atoms with E-state index in [2.05, 4.69) is 0 Å². The van der Waals surface area contributed by atoms with Crippen molar-refractivity contribution in [3.05, 3.63) is 0 Å². The standard InChI is InChI=1S/H3O3P.H4OSi/c1-4(2)3;1-2/h4H,(H2,1,2,3);1H,2H3. The van der Waals surface area contributed by atoms with Gasteiger partial charge in [-0.25, -0.2) is 0 Å². The summed E-state index contributed by atoms with van der Waals surface area (Å²) in [5.74, 6) is 0. The van der Waals surface area contributed by atoms with Gasteiger partial charge in [-0.05, 0) is 0 Å². The van der Waals surface area contributed by atoms with Crippen LogP contribution in [0.4, 0.5) is 0 Å². The van der Waals surface area contributed by atoms with Crippen LogP contribution in [0, 0.1) is 0 Å². The van der Waals surface area contributed by atoms with Crippen LogP contribution in [0.25, 0.3) is 0 Å². The van der Waals surface area contributed by atoms with Gasteiger partial charge in [-0.3, -0.25) is 4.57 Å². The van der Waals surface area contributed by atoms with Crippen LogP contribution in [0.1, 0.15) is 0 Å². The maximum absolute atomic E-state index is 8.74. The van der Waals surface area contributed by atoms with Crippen molar-refractivity contribution in [1.82, 2.24) is 0 Å². The van der Waals surface area contributed by atoms with Crippen molar-refractivity contribution in [2.24, 2.45) is 0 Å². The molecule has 0 unspecified atom stereocenters. The Balaban J connectivity index is 0. The highest BCUT2D eigenvalue weighted by molar-refractivity contribution is 7.30. The van der Waals surface area contributed by atoms with Gasteiger partial charge in [0.05, 0.1) is 0 Å². The van der Waals surface area contributed by atoms with Crippen molar-refractivity contribution in [1.29, 1.82) is 0 Å². The molecule has 0 fully saturated rings. The molecule has 0 saturated heterocycles. The van der Waals surface area contributed by atoms with E-state index in [-0.39, 0.29) is 0 Å². The Morgan fingerprint density at radius 1 is 1.33 bits per heavy atom. The predicted molar refractivity (Wildman–Crippen MR) is 25.6 cm³/mol. The molecule has 0 aliphatic rings. The predicted octanol–water partition coefficient (Wildman–Crippen LogP) is -2.38. The van der Waals surface area contributed by atoms with Gasteiger partial charge in [-0.1, -0.05) is 0 Å². The summed E-state index contributed by atoms with van der Waals surface area (Å²) in [6, 6.07) is 0. The molecule has 0 amide bonds. The smallest absolute Gasteiger partial charge is 0.314 e. The summed E-state index contributed by atoms with van der Waals surface area (Å²) < 4.78 is 8.74. The third-order valence-corrected chi connectivity index (χ3v) is 0. The third kappa shape index (κ3) is 448. The fourth-order valence-corrected chi connectivity index (χ4v) is 0. The fraction of sp³-hybridized carbons (Fsp3) is 0. The molecule has 4 nitrogen and oxygen atoms in total. The van der Waals surface area contributed by atoms with Crippen molar-refractivity contribution in [2.75, 3.05) is 0 Å². The number of rotatable bonds is 0. The maximum atomic E-state index is 8.74. The largest absolute Gasteiger partial charge is 0.442 e. The molecular formula is H7O4PSi. The van der Waals surface area contributed by atoms with Crippen LogP contribution in [0.15, 0.2) is 0 Å². The molecule has 0 aromatic carbocycles. The van der Waals surface area contributed by atoms with Gasteiger partial charge in [-0.15, -0.1) is 0 Å². The average molecular weight is 130 g/mol. The molecule has 0 saturated carbocycles. The Kier molecular flexibility index (Phi) is 14.4. The van der Waals surface area contributed by atoms with E-state index in [1.165, 1.54) is 0 Å². The van der Waals surface area contributed by atoms with Crippen LogP contribution in [0.3, 0.4) is 0 Å². The number of hydrogen-bond donors (Lipinski definition) is 3. The SMILES string of the molecule is O=[PH](O)O.O[SiH3]. The molecule has 0 aliphatic heterocycles. The van der Waals surface area contributed by atoms with Crippen LogP contribution in [0.5, 0.6) is 0 Å². The second-order valence-electron chi connectivity index (χ2n) is 0.283. The molecule has 0 radical (unpaired) electrons. The zero-order valence-electron chi connectivity index (χ0n) is 3.25. The van der Waals surface area contributed by atoms with Gasteiger partial charge in [0, 0.05) is 0 Å². The van der Waals surface area contributed by atoms with E-state index in [1.807, 2.05) is 0 Å². The molecule has 0 bridgehead atoms.